The number of nitrogens with one attached hydrogen (secondary N) is 2. The topological polar surface area (TPSA) is 103 Å². The van der Waals surface area contributed by atoms with Crippen molar-refractivity contribution in [1.29, 1.82) is 0 Å². The second-order valence-corrected chi connectivity index (χ2v) is 3.82. The van der Waals surface area contributed by atoms with E-state index in [1.54, 1.807) is 31.2 Å². The molecule has 0 radical (unpaired) electrons. The van der Waals surface area contributed by atoms with Crippen LogP contribution in [0.1, 0.15) is 6.92 Å². The van der Waals surface area contributed by atoms with Crippen LogP contribution in [0, 0.1) is 0 Å². The van der Waals surface area contributed by atoms with E-state index in [1.807, 2.05) is 0 Å². The highest BCUT2D eigenvalue weighted by molar-refractivity contribution is 5.81. The van der Waals surface area contributed by atoms with Gasteiger partial charge in [0.15, 0.2) is 5.58 Å². The van der Waals surface area contributed by atoms with Crippen LogP contribution in [0.15, 0.2) is 33.5 Å². The molecule has 8 heteroatoms. The van der Waals surface area contributed by atoms with Crippen molar-refractivity contribution in [2.45, 2.75) is 13.5 Å². The molecular formula is C12H13N3O5. The lowest BCUT2D eigenvalue weighted by molar-refractivity contribution is -0.122. The number of para-hydroxylation sites is 2. The van der Waals surface area contributed by atoms with Gasteiger partial charge in [0.2, 0.25) is 0 Å². The first-order chi connectivity index (χ1) is 9.61. The van der Waals surface area contributed by atoms with E-state index >= 15 is 0 Å². The van der Waals surface area contributed by atoms with E-state index < -0.39 is 17.8 Å². The lowest BCUT2D eigenvalue weighted by Crippen LogP contribution is -2.44. The van der Waals surface area contributed by atoms with Gasteiger partial charge in [0, 0.05) is 0 Å². The lowest BCUT2D eigenvalue weighted by Gasteiger charge is -2.07. The highest BCUT2D eigenvalue weighted by Crippen LogP contribution is 2.11. The van der Waals surface area contributed by atoms with Gasteiger partial charge in [0.1, 0.15) is 6.54 Å². The molecule has 106 valence electrons. The Morgan fingerprint density at radius 2 is 2.05 bits per heavy atom. The molecule has 0 fully saturated rings. The third kappa shape index (κ3) is 2.97. The molecule has 0 spiro atoms. The van der Waals surface area contributed by atoms with Crippen molar-refractivity contribution < 1.29 is 18.7 Å². The summed E-state index contributed by atoms with van der Waals surface area (Å²) >= 11 is 0. The number of rotatable bonds is 3. The van der Waals surface area contributed by atoms with Crippen molar-refractivity contribution in [1.82, 2.24) is 15.4 Å². The fraction of sp³-hybridized carbons (Fsp3) is 0.250. The van der Waals surface area contributed by atoms with Crippen LogP contribution in [0.4, 0.5) is 4.79 Å². The van der Waals surface area contributed by atoms with Crippen molar-refractivity contribution in [3.8, 4) is 0 Å². The summed E-state index contributed by atoms with van der Waals surface area (Å²) in [6, 6.07) is 6.73. The Hall–Kier alpha value is -2.77. The van der Waals surface area contributed by atoms with E-state index in [2.05, 4.69) is 15.6 Å². The summed E-state index contributed by atoms with van der Waals surface area (Å²) in [6.07, 6.45) is -0.773. The van der Waals surface area contributed by atoms with Crippen molar-refractivity contribution in [2.24, 2.45) is 0 Å². The van der Waals surface area contributed by atoms with Crippen LogP contribution in [-0.4, -0.2) is 23.2 Å². The predicted octanol–water partition coefficient (Wildman–Crippen LogP) is 0.372. The van der Waals surface area contributed by atoms with Gasteiger partial charge in [-0.15, -0.1) is 0 Å². The first kappa shape index (κ1) is 13.7. The quantitative estimate of drug-likeness (QED) is 0.790. The fourth-order valence-corrected chi connectivity index (χ4v) is 1.63. The molecule has 0 atom stereocenters. The molecule has 0 aliphatic rings. The van der Waals surface area contributed by atoms with Gasteiger partial charge in [-0.05, 0) is 19.1 Å². The molecule has 0 aliphatic heterocycles. The van der Waals surface area contributed by atoms with E-state index in [1.165, 1.54) is 0 Å². The zero-order chi connectivity index (χ0) is 14.5. The Morgan fingerprint density at radius 3 is 2.80 bits per heavy atom. The molecule has 2 rings (SSSR count). The van der Waals surface area contributed by atoms with Crippen LogP contribution in [0.25, 0.3) is 11.1 Å². The molecule has 2 amide bonds. The van der Waals surface area contributed by atoms with Gasteiger partial charge in [-0.3, -0.25) is 14.8 Å². The zero-order valence-electron chi connectivity index (χ0n) is 10.7. The molecule has 0 unspecified atom stereocenters. The molecule has 2 N–H and O–H groups in total. The SMILES string of the molecule is CCOC(=O)NNC(=O)Cn1c(=O)oc2ccccc21. The van der Waals surface area contributed by atoms with Crippen molar-refractivity contribution in [2.75, 3.05) is 6.61 Å². The van der Waals surface area contributed by atoms with Gasteiger partial charge in [-0.25, -0.2) is 15.0 Å². The van der Waals surface area contributed by atoms with Gasteiger partial charge in [0.05, 0.1) is 12.1 Å². The molecule has 0 aliphatic carbocycles. The number of aromatic nitrogens is 1. The first-order valence-corrected chi connectivity index (χ1v) is 5.91. The largest absolute Gasteiger partial charge is 0.449 e. The number of fused-ring (bicyclic) bond motifs is 1. The second kappa shape index (κ2) is 5.91. The van der Waals surface area contributed by atoms with Crippen molar-refractivity contribution >= 4 is 23.1 Å². The Balaban J connectivity index is 2.05. The number of oxazole rings is 1. The average molecular weight is 279 g/mol. The Bertz CT molecular complexity index is 688. The predicted molar refractivity (Wildman–Crippen MR) is 68.8 cm³/mol. The molecular weight excluding hydrogens is 266 g/mol. The standard InChI is InChI=1S/C12H13N3O5/c1-2-19-11(17)14-13-10(16)7-15-8-5-3-4-6-9(8)20-12(15)18/h3-6H,2,7H2,1H3,(H,13,16)(H,14,17). The smallest absolute Gasteiger partial charge is 0.426 e. The van der Waals surface area contributed by atoms with Gasteiger partial charge >= 0.3 is 11.8 Å². The van der Waals surface area contributed by atoms with E-state index in [9.17, 15) is 14.4 Å². The highest BCUT2D eigenvalue weighted by Gasteiger charge is 2.12. The van der Waals surface area contributed by atoms with Gasteiger partial charge in [-0.1, -0.05) is 12.1 Å². The number of nitrogens with zero attached hydrogens (tertiary/aromatic N) is 1. The number of hydrazine groups is 1. The van der Waals surface area contributed by atoms with Gasteiger partial charge < -0.3 is 9.15 Å². The molecule has 0 saturated carbocycles. The number of carbonyl (C=O) groups excluding carboxylic acids is 2. The molecule has 1 aromatic heterocycles. The third-order valence-electron chi connectivity index (χ3n) is 2.45. The summed E-state index contributed by atoms with van der Waals surface area (Å²) in [4.78, 5) is 34.2. The summed E-state index contributed by atoms with van der Waals surface area (Å²) in [5.74, 6) is -1.22. The lowest BCUT2D eigenvalue weighted by atomic mass is 10.3. The molecule has 20 heavy (non-hydrogen) atoms. The summed E-state index contributed by atoms with van der Waals surface area (Å²) in [6.45, 7) is 1.55. The Kier molecular flexibility index (Phi) is 4.04. The highest BCUT2D eigenvalue weighted by atomic mass is 16.6. The number of carbonyl (C=O) groups is 2. The minimum absolute atomic E-state index is 0.188. The number of amides is 2. The van der Waals surface area contributed by atoms with E-state index in [0.717, 1.165) is 4.57 Å². The second-order valence-electron chi connectivity index (χ2n) is 3.82. The first-order valence-electron chi connectivity index (χ1n) is 5.91. The minimum Gasteiger partial charge on any atom is -0.449 e. The fourth-order valence-electron chi connectivity index (χ4n) is 1.63. The normalized spacial score (nSPS) is 10.2. The number of hydrogen-bond acceptors (Lipinski definition) is 5. The Labute approximate surface area is 113 Å². The minimum atomic E-state index is -0.773. The molecule has 1 aromatic carbocycles. The average Bonchev–Trinajstić information content (AvgIpc) is 2.73. The monoisotopic (exact) mass is 279 g/mol. The molecule has 0 saturated heterocycles. The number of benzene rings is 1. The maximum atomic E-state index is 11.6. The number of ether oxygens (including phenoxy) is 1. The molecule has 0 bridgehead atoms. The summed E-state index contributed by atoms with van der Waals surface area (Å²) in [5, 5.41) is 0. The van der Waals surface area contributed by atoms with Crippen LogP contribution in [0.5, 0.6) is 0 Å². The maximum absolute atomic E-state index is 11.6. The van der Waals surface area contributed by atoms with E-state index in [-0.39, 0.29) is 13.2 Å². The van der Waals surface area contributed by atoms with E-state index in [4.69, 9.17) is 4.42 Å². The molecule has 2 aromatic rings. The van der Waals surface area contributed by atoms with Crippen LogP contribution < -0.4 is 16.6 Å². The van der Waals surface area contributed by atoms with Crippen LogP contribution in [-0.2, 0) is 16.1 Å². The van der Waals surface area contributed by atoms with Crippen molar-refractivity contribution in [3.63, 3.8) is 0 Å². The molecule has 8 nitrogen and oxygen atoms in total. The summed E-state index contributed by atoms with van der Waals surface area (Å²) in [5.41, 5.74) is 5.08. The summed E-state index contributed by atoms with van der Waals surface area (Å²) in [7, 11) is 0. The van der Waals surface area contributed by atoms with Crippen LogP contribution >= 0.6 is 0 Å². The zero-order valence-corrected chi connectivity index (χ0v) is 10.7. The number of hydrogen-bond donors (Lipinski definition) is 2. The van der Waals surface area contributed by atoms with Gasteiger partial charge in [-0.2, -0.15) is 0 Å². The Morgan fingerprint density at radius 1 is 1.30 bits per heavy atom. The molecule has 1 heterocycles. The van der Waals surface area contributed by atoms with Crippen molar-refractivity contribution in [3.05, 3.63) is 34.8 Å². The van der Waals surface area contributed by atoms with E-state index in [0.29, 0.717) is 11.1 Å². The van der Waals surface area contributed by atoms with Crippen LogP contribution in [0.2, 0.25) is 0 Å². The maximum Gasteiger partial charge on any atom is 0.426 e. The summed E-state index contributed by atoms with van der Waals surface area (Å²) < 4.78 is 10.7. The van der Waals surface area contributed by atoms with Gasteiger partial charge in [0.25, 0.3) is 5.91 Å². The van der Waals surface area contributed by atoms with Crippen LogP contribution in [0.3, 0.4) is 0 Å². The third-order valence-corrected chi connectivity index (χ3v) is 2.45.